The van der Waals surface area contributed by atoms with Crippen LogP contribution in [0.2, 0.25) is 0 Å². The van der Waals surface area contributed by atoms with E-state index in [1.54, 1.807) is 6.07 Å². The monoisotopic (exact) mass is 274 g/mol. The predicted octanol–water partition coefficient (Wildman–Crippen LogP) is 2.30. The summed E-state index contributed by atoms with van der Waals surface area (Å²) in [6.07, 6.45) is 4.52. The predicted molar refractivity (Wildman–Crippen MR) is 71.4 cm³/mol. The van der Waals surface area contributed by atoms with Crippen molar-refractivity contribution in [2.45, 2.75) is 25.7 Å². The maximum absolute atomic E-state index is 13.2. The number of halogens is 1. The Morgan fingerprint density at radius 3 is 2.90 bits per heavy atom. The summed E-state index contributed by atoms with van der Waals surface area (Å²) < 4.78 is 13.2. The van der Waals surface area contributed by atoms with E-state index in [-0.39, 0.29) is 11.7 Å². The quantitative estimate of drug-likeness (QED) is 0.898. The van der Waals surface area contributed by atoms with E-state index in [0.29, 0.717) is 12.4 Å². The topological polar surface area (TPSA) is 70.7 Å². The van der Waals surface area contributed by atoms with Gasteiger partial charge in [-0.15, -0.1) is 0 Å². The van der Waals surface area contributed by atoms with Gasteiger partial charge in [-0.2, -0.15) is 10.1 Å². The van der Waals surface area contributed by atoms with Crippen LogP contribution in [0.3, 0.4) is 0 Å². The first-order valence-electron chi connectivity index (χ1n) is 6.59. The average molecular weight is 274 g/mol. The second kappa shape index (κ2) is 5.03. The zero-order valence-electron chi connectivity index (χ0n) is 10.9. The molecule has 0 aliphatic heterocycles. The number of aromatic nitrogens is 3. The Kier molecular flexibility index (Phi) is 3.22. The summed E-state index contributed by atoms with van der Waals surface area (Å²) in [6.45, 7) is 0. The number of carbonyl (C=O) groups is 1. The number of anilines is 1. The largest absolute Gasteiger partial charge is 0.294 e. The second-order valence-electron chi connectivity index (χ2n) is 5.23. The van der Waals surface area contributed by atoms with Gasteiger partial charge in [0.25, 0.3) is 0 Å². The molecule has 0 unspecified atom stereocenters. The van der Waals surface area contributed by atoms with Crippen LogP contribution >= 0.6 is 0 Å². The third-order valence-electron chi connectivity index (χ3n) is 3.87. The minimum absolute atomic E-state index is 0.0789. The van der Waals surface area contributed by atoms with Crippen LogP contribution in [0.5, 0.6) is 0 Å². The molecule has 3 rings (SSSR count). The maximum Gasteiger partial charge on any atom is 0.233 e. The number of carbonyl (C=O) groups excluding carboxylic acids is 1. The van der Waals surface area contributed by atoms with Gasteiger partial charge in [0, 0.05) is 0 Å². The summed E-state index contributed by atoms with van der Waals surface area (Å²) in [5.74, 6) is -0.00195. The van der Waals surface area contributed by atoms with E-state index in [2.05, 4.69) is 20.5 Å². The first-order valence-corrected chi connectivity index (χ1v) is 6.59. The summed E-state index contributed by atoms with van der Waals surface area (Å²) in [4.78, 5) is 16.3. The van der Waals surface area contributed by atoms with Gasteiger partial charge in [0.2, 0.25) is 11.9 Å². The molecule has 1 aliphatic rings. The van der Waals surface area contributed by atoms with Crippen molar-refractivity contribution in [2.24, 2.45) is 5.41 Å². The number of hydrogen-bond acceptors (Lipinski definition) is 3. The number of H-pyrrole nitrogens is 1. The Morgan fingerprint density at radius 1 is 1.45 bits per heavy atom. The molecular weight excluding hydrogens is 259 g/mol. The van der Waals surface area contributed by atoms with Crippen LogP contribution in [0.1, 0.15) is 24.8 Å². The molecule has 0 saturated heterocycles. The van der Waals surface area contributed by atoms with E-state index in [1.165, 1.54) is 18.5 Å². The molecule has 5 nitrogen and oxygen atoms in total. The highest BCUT2D eigenvalue weighted by Crippen LogP contribution is 2.44. The van der Waals surface area contributed by atoms with Crippen LogP contribution in [-0.2, 0) is 11.2 Å². The molecule has 2 N–H and O–H groups in total. The molecule has 1 amide bonds. The van der Waals surface area contributed by atoms with Gasteiger partial charge in [0.1, 0.15) is 12.1 Å². The maximum atomic E-state index is 13.2. The Balaban J connectivity index is 1.75. The lowest BCUT2D eigenvalue weighted by Crippen LogP contribution is -2.44. The van der Waals surface area contributed by atoms with Crippen molar-refractivity contribution in [3.8, 4) is 0 Å². The van der Waals surface area contributed by atoms with E-state index in [4.69, 9.17) is 0 Å². The molecule has 0 radical (unpaired) electrons. The lowest BCUT2D eigenvalue weighted by Gasteiger charge is -2.40. The fraction of sp³-hybridized carbons (Fsp3) is 0.357. The van der Waals surface area contributed by atoms with Crippen molar-refractivity contribution in [2.75, 3.05) is 5.32 Å². The molecule has 1 aliphatic carbocycles. The highest BCUT2D eigenvalue weighted by molar-refractivity contribution is 5.94. The average Bonchev–Trinajstić information content (AvgIpc) is 2.86. The van der Waals surface area contributed by atoms with Crippen molar-refractivity contribution in [3.05, 3.63) is 42.0 Å². The molecule has 0 spiro atoms. The van der Waals surface area contributed by atoms with Crippen molar-refractivity contribution in [3.63, 3.8) is 0 Å². The molecule has 1 heterocycles. The van der Waals surface area contributed by atoms with E-state index in [9.17, 15) is 9.18 Å². The fourth-order valence-electron chi connectivity index (χ4n) is 2.63. The first-order chi connectivity index (χ1) is 9.68. The first kappa shape index (κ1) is 12.8. The SMILES string of the molecule is O=C(Nc1ncn[nH]1)C1(Cc2cccc(F)c2)CCC1. The Labute approximate surface area is 115 Å². The lowest BCUT2D eigenvalue weighted by molar-refractivity contribution is -0.130. The van der Waals surface area contributed by atoms with Gasteiger partial charge in [0.05, 0.1) is 5.41 Å². The van der Waals surface area contributed by atoms with Crippen LogP contribution in [0.25, 0.3) is 0 Å². The van der Waals surface area contributed by atoms with Crippen molar-refractivity contribution in [1.29, 1.82) is 0 Å². The second-order valence-corrected chi connectivity index (χ2v) is 5.23. The third-order valence-corrected chi connectivity index (χ3v) is 3.87. The van der Waals surface area contributed by atoms with Crippen LogP contribution in [0.15, 0.2) is 30.6 Å². The molecule has 1 aromatic heterocycles. The minimum atomic E-state index is -0.458. The fourth-order valence-corrected chi connectivity index (χ4v) is 2.63. The van der Waals surface area contributed by atoms with Gasteiger partial charge in [0.15, 0.2) is 0 Å². The highest BCUT2D eigenvalue weighted by atomic mass is 19.1. The van der Waals surface area contributed by atoms with E-state index in [0.717, 1.165) is 24.8 Å². The van der Waals surface area contributed by atoms with Crippen molar-refractivity contribution >= 4 is 11.9 Å². The Morgan fingerprint density at radius 2 is 2.30 bits per heavy atom. The van der Waals surface area contributed by atoms with E-state index >= 15 is 0 Å². The van der Waals surface area contributed by atoms with Crippen molar-refractivity contribution < 1.29 is 9.18 Å². The highest BCUT2D eigenvalue weighted by Gasteiger charge is 2.44. The van der Waals surface area contributed by atoms with Gasteiger partial charge in [-0.1, -0.05) is 18.6 Å². The normalized spacial score (nSPS) is 16.4. The number of rotatable bonds is 4. The molecule has 20 heavy (non-hydrogen) atoms. The molecule has 1 aromatic carbocycles. The molecular formula is C14H15FN4O. The number of nitrogens with one attached hydrogen (secondary N) is 2. The third kappa shape index (κ3) is 2.41. The zero-order valence-corrected chi connectivity index (χ0v) is 10.9. The number of hydrogen-bond donors (Lipinski definition) is 2. The van der Waals surface area contributed by atoms with Crippen LogP contribution in [0, 0.1) is 11.2 Å². The lowest BCUT2D eigenvalue weighted by atomic mass is 9.64. The van der Waals surface area contributed by atoms with Crippen LogP contribution in [-0.4, -0.2) is 21.1 Å². The summed E-state index contributed by atoms with van der Waals surface area (Å²) in [5.41, 5.74) is 0.387. The van der Waals surface area contributed by atoms with Crippen LogP contribution in [0.4, 0.5) is 10.3 Å². The Hall–Kier alpha value is -2.24. The Bertz CT molecular complexity index is 607. The zero-order chi connectivity index (χ0) is 14.0. The standard InChI is InChI=1S/C14H15FN4O/c15-11-4-1-3-10(7-11)8-14(5-2-6-14)12(20)18-13-16-9-17-19-13/h1,3-4,7,9H,2,5-6,8H2,(H2,16,17,18,19,20). The van der Waals surface area contributed by atoms with Gasteiger partial charge in [-0.05, 0) is 37.0 Å². The van der Waals surface area contributed by atoms with Gasteiger partial charge >= 0.3 is 0 Å². The van der Waals surface area contributed by atoms with Crippen LogP contribution < -0.4 is 5.32 Å². The molecule has 104 valence electrons. The molecule has 1 fully saturated rings. The molecule has 1 saturated carbocycles. The number of amides is 1. The summed E-state index contributed by atoms with van der Waals surface area (Å²) in [7, 11) is 0. The number of nitrogens with zero attached hydrogens (tertiary/aromatic N) is 2. The molecule has 0 atom stereocenters. The smallest absolute Gasteiger partial charge is 0.233 e. The number of aromatic amines is 1. The molecule has 6 heteroatoms. The van der Waals surface area contributed by atoms with Gasteiger partial charge in [-0.3, -0.25) is 10.1 Å². The van der Waals surface area contributed by atoms with Crippen molar-refractivity contribution in [1.82, 2.24) is 15.2 Å². The summed E-state index contributed by atoms with van der Waals surface area (Å²) in [6, 6.07) is 6.42. The number of benzene rings is 1. The van der Waals surface area contributed by atoms with E-state index < -0.39 is 5.41 Å². The van der Waals surface area contributed by atoms with Gasteiger partial charge in [-0.25, -0.2) is 9.49 Å². The minimum Gasteiger partial charge on any atom is -0.294 e. The molecule has 0 bridgehead atoms. The molecule has 2 aromatic rings. The van der Waals surface area contributed by atoms with Gasteiger partial charge < -0.3 is 0 Å². The summed E-state index contributed by atoms with van der Waals surface area (Å²) in [5, 5.41) is 9.04. The summed E-state index contributed by atoms with van der Waals surface area (Å²) >= 11 is 0. The van der Waals surface area contributed by atoms with E-state index in [1.807, 2.05) is 6.07 Å².